The Balaban J connectivity index is 2.63. The second-order valence-electron chi connectivity index (χ2n) is 4.26. The van der Waals surface area contributed by atoms with E-state index < -0.39 is 0 Å². The Kier molecular flexibility index (Phi) is 1.62. The van der Waals surface area contributed by atoms with E-state index in [9.17, 15) is 9.59 Å². The van der Waals surface area contributed by atoms with E-state index in [1.165, 1.54) is 0 Å². The van der Waals surface area contributed by atoms with Crippen LogP contribution in [-0.4, -0.2) is 11.6 Å². The molecule has 3 rings (SSSR count). The molecule has 78 valence electrons. The maximum atomic E-state index is 11.9. The molecule has 2 heteroatoms. The number of Topliss-reactive ketones (excluding diaryl/α,β-unsaturated/α-hetero) is 2. The molecule has 0 saturated carbocycles. The average molecular weight is 210 g/mol. The third kappa shape index (κ3) is 0.915. The van der Waals surface area contributed by atoms with Gasteiger partial charge in [-0.15, -0.1) is 0 Å². The van der Waals surface area contributed by atoms with E-state index in [4.69, 9.17) is 0 Å². The molecule has 2 aromatic rings. The van der Waals surface area contributed by atoms with E-state index in [-0.39, 0.29) is 11.6 Å². The average Bonchev–Trinajstić information content (AvgIpc) is 2.52. The predicted molar refractivity (Wildman–Crippen MR) is 62.1 cm³/mol. The molecule has 0 unspecified atom stereocenters. The zero-order valence-electron chi connectivity index (χ0n) is 9.13. The Bertz CT molecular complexity index is 666. The Morgan fingerprint density at radius 3 is 2.50 bits per heavy atom. The van der Waals surface area contributed by atoms with Crippen molar-refractivity contribution in [3.8, 4) is 0 Å². The van der Waals surface area contributed by atoms with Crippen molar-refractivity contribution in [2.45, 2.75) is 13.8 Å². The van der Waals surface area contributed by atoms with Gasteiger partial charge in [-0.1, -0.05) is 24.3 Å². The fraction of sp³-hybridized carbons (Fsp3) is 0.143. The molecule has 2 nitrogen and oxygen atoms in total. The quantitative estimate of drug-likeness (QED) is 0.626. The number of carbonyl (C=O) groups is 2. The predicted octanol–water partition coefficient (Wildman–Crippen LogP) is 2.84. The van der Waals surface area contributed by atoms with E-state index in [0.29, 0.717) is 11.1 Å². The minimum atomic E-state index is -0.366. The fourth-order valence-corrected chi connectivity index (χ4v) is 2.40. The van der Waals surface area contributed by atoms with Gasteiger partial charge in [-0.3, -0.25) is 9.59 Å². The summed E-state index contributed by atoms with van der Waals surface area (Å²) in [6.45, 7) is 3.87. The second kappa shape index (κ2) is 2.79. The largest absolute Gasteiger partial charge is 0.285 e. The summed E-state index contributed by atoms with van der Waals surface area (Å²) in [7, 11) is 0. The maximum absolute atomic E-state index is 11.9. The van der Waals surface area contributed by atoms with Crippen LogP contribution in [0.25, 0.3) is 10.8 Å². The van der Waals surface area contributed by atoms with Crippen LogP contribution in [0.4, 0.5) is 0 Å². The smallest absolute Gasteiger partial charge is 0.234 e. The first-order chi connectivity index (χ1) is 7.61. The Labute approximate surface area is 92.9 Å². The first kappa shape index (κ1) is 9.28. The van der Waals surface area contributed by atoms with Gasteiger partial charge in [-0.2, -0.15) is 0 Å². The number of carbonyl (C=O) groups excluding carboxylic acids is 2. The first-order valence-electron chi connectivity index (χ1n) is 5.23. The summed E-state index contributed by atoms with van der Waals surface area (Å²) >= 11 is 0. The zero-order chi connectivity index (χ0) is 11.4. The normalized spacial score (nSPS) is 13.9. The molecule has 0 heterocycles. The summed E-state index contributed by atoms with van der Waals surface area (Å²) in [6.07, 6.45) is 0. The minimum Gasteiger partial charge on any atom is -0.285 e. The molecule has 0 saturated heterocycles. The van der Waals surface area contributed by atoms with Gasteiger partial charge in [0, 0.05) is 16.5 Å². The van der Waals surface area contributed by atoms with E-state index in [1.54, 1.807) is 6.07 Å². The highest BCUT2D eigenvalue weighted by Gasteiger charge is 2.32. The maximum Gasteiger partial charge on any atom is 0.234 e. The summed E-state index contributed by atoms with van der Waals surface area (Å²) in [5.41, 5.74) is 3.15. The topological polar surface area (TPSA) is 34.1 Å². The third-order valence-electron chi connectivity index (χ3n) is 3.36. The molecule has 0 amide bonds. The molecule has 0 bridgehead atoms. The molecule has 0 spiro atoms. The number of aryl methyl sites for hydroxylation is 1. The lowest BCUT2D eigenvalue weighted by Crippen LogP contribution is -2.07. The van der Waals surface area contributed by atoms with Crippen LogP contribution < -0.4 is 0 Å². The molecule has 1 aliphatic rings. The van der Waals surface area contributed by atoms with Crippen molar-refractivity contribution in [1.82, 2.24) is 0 Å². The summed E-state index contributed by atoms with van der Waals surface area (Å²) in [6, 6.07) is 7.53. The number of rotatable bonds is 0. The molecule has 0 radical (unpaired) electrons. The highest BCUT2D eigenvalue weighted by Crippen LogP contribution is 2.34. The van der Waals surface area contributed by atoms with Gasteiger partial charge < -0.3 is 0 Å². The van der Waals surface area contributed by atoms with Gasteiger partial charge in [0.25, 0.3) is 0 Å². The minimum absolute atomic E-state index is 0.354. The van der Waals surface area contributed by atoms with Crippen molar-refractivity contribution in [2.75, 3.05) is 0 Å². The number of hydrogen-bond acceptors (Lipinski definition) is 2. The van der Waals surface area contributed by atoms with Crippen molar-refractivity contribution in [1.29, 1.82) is 0 Å². The lowest BCUT2D eigenvalue weighted by molar-refractivity contribution is 0.0825. The number of ketones is 2. The van der Waals surface area contributed by atoms with Gasteiger partial charge in [0.1, 0.15) is 0 Å². The van der Waals surface area contributed by atoms with Crippen LogP contribution >= 0.6 is 0 Å². The van der Waals surface area contributed by atoms with Gasteiger partial charge >= 0.3 is 0 Å². The van der Waals surface area contributed by atoms with Gasteiger partial charge in [0.15, 0.2) is 0 Å². The van der Waals surface area contributed by atoms with Crippen LogP contribution in [0.3, 0.4) is 0 Å². The van der Waals surface area contributed by atoms with Gasteiger partial charge in [0.2, 0.25) is 11.6 Å². The zero-order valence-corrected chi connectivity index (χ0v) is 9.13. The lowest BCUT2D eigenvalue weighted by Gasteiger charge is -2.06. The molecule has 2 aromatic carbocycles. The summed E-state index contributed by atoms with van der Waals surface area (Å²) < 4.78 is 0. The molecule has 0 aromatic heterocycles. The molecule has 16 heavy (non-hydrogen) atoms. The van der Waals surface area contributed by atoms with E-state index >= 15 is 0 Å². The molecule has 0 N–H and O–H groups in total. The summed E-state index contributed by atoms with van der Waals surface area (Å²) in [5, 5.41) is 1.82. The van der Waals surface area contributed by atoms with Crippen molar-refractivity contribution in [2.24, 2.45) is 0 Å². The number of benzene rings is 2. The molecule has 0 aliphatic heterocycles. The Morgan fingerprint density at radius 1 is 1.00 bits per heavy atom. The molecular formula is C14H10O2. The van der Waals surface area contributed by atoms with Gasteiger partial charge in [0.05, 0.1) is 0 Å². The van der Waals surface area contributed by atoms with E-state index in [1.807, 2.05) is 32.0 Å². The molecule has 0 atom stereocenters. The van der Waals surface area contributed by atoms with Gasteiger partial charge in [-0.05, 0) is 30.4 Å². The van der Waals surface area contributed by atoms with Gasteiger partial charge in [-0.25, -0.2) is 0 Å². The van der Waals surface area contributed by atoms with Crippen molar-refractivity contribution >= 4 is 22.3 Å². The first-order valence-corrected chi connectivity index (χ1v) is 5.23. The third-order valence-corrected chi connectivity index (χ3v) is 3.36. The molecule has 1 aliphatic carbocycles. The summed E-state index contributed by atoms with van der Waals surface area (Å²) in [5.74, 6) is -0.721. The van der Waals surface area contributed by atoms with Crippen LogP contribution in [0.15, 0.2) is 24.3 Å². The highest BCUT2D eigenvalue weighted by molar-refractivity contribution is 6.57. The second-order valence-corrected chi connectivity index (χ2v) is 4.26. The standard InChI is InChI=1S/C14H10O2/c1-7-6-9-4-3-5-10-12(9)11(8(7)2)14(16)13(10)15/h3-6H,1-2H3. The van der Waals surface area contributed by atoms with Crippen molar-refractivity contribution in [3.05, 3.63) is 46.5 Å². The van der Waals surface area contributed by atoms with Crippen LogP contribution in [0, 0.1) is 13.8 Å². The highest BCUT2D eigenvalue weighted by atomic mass is 16.2. The van der Waals surface area contributed by atoms with Crippen LogP contribution in [0.5, 0.6) is 0 Å². The molecule has 0 fully saturated rings. The Morgan fingerprint density at radius 2 is 1.75 bits per heavy atom. The summed E-state index contributed by atoms with van der Waals surface area (Å²) in [4.78, 5) is 23.7. The lowest BCUT2D eigenvalue weighted by atomic mass is 9.96. The molecular weight excluding hydrogens is 200 g/mol. The van der Waals surface area contributed by atoms with Crippen LogP contribution in [-0.2, 0) is 0 Å². The monoisotopic (exact) mass is 210 g/mol. The SMILES string of the molecule is Cc1cc2cccc3c2c(c1C)C(=O)C3=O. The van der Waals surface area contributed by atoms with Crippen molar-refractivity contribution < 1.29 is 9.59 Å². The van der Waals surface area contributed by atoms with Crippen LogP contribution in [0.2, 0.25) is 0 Å². The van der Waals surface area contributed by atoms with E-state index in [0.717, 1.165) is 21.9 Å². The Hall–Kier alpha value is -1.96. The van der Waals surface area contributed by atoms with E-state index in [2.05, 4.69) is 0 Å². The fourth-order valence-electron chi connectivity index (χ4n) is 2.40. The number of hydrogen-bond donors (Lipinski definition) is 0. The van der Waals surface area contributed by atoms with Crippen molar-refractivity contribution in [3.63, 3.8) is 0 Å². The van der Waals surface area contributed by atoms with Crippen LogP contribution in [0.1, 0.15) is 31.8 Å².